The minimum Gasteiger partial charge on any atom is -0.336 e. The lowest BCUT2D eigenvalue weighted by Crippen LogP contribution is -2.54. The molecule has 1 aromatic rings. The molecule has 3 rings (SSSR count). The number of carbonyl (C=O) groups excluding carboxylic acids is 1. The highest BCUT2D eigenvalue weighted by Gasteiger charge is 2.40. The van der Waals surface area contributed by atoms with Crippen LogP contribution in [0.3, 0.4) is 0 Å². The van der Waals surface area contributed by atoms with Crippen LogP contribution in [0.4, 0.5) is 0 Å². The molecule has 1 aromatic carbocycles. The van der Waals surface area contributed by atoms with Gasteiger partial charge in [-0.25, -0.2) is 0 Å². The predicted molar refractivity (Wildman–Crippen MR) is 85.9 cm³/mol. The van der Waals surface area contributed by atoms with Crippen molar-refractivity contribution in [1.29, 1.82) is 0 Å². The zero-order valence-corrected chi connectivity index (χ0v) is 13.8. The van der Waals surface area contributed by atoms with Crippen molar-refractivity contribution in [3.8, 4) is 0 Å². The molecule has 0 saturated heterocycles. The number of nitrogens with two attached hydrogens (primary N) is 1. The lowest BCUT2D eigenvalue weighted by atomic mass is 9.94. The van der Waals surface area contributed by atoms with Crippen LogP contribution < -0.4 is 5.73 Å². The van der Waals surface area contributed by atoms with E-state index in [2.05, 4.69) is 28.1 Å². The quantitative estimate of drug-likeness (QED) is 0.838. The maximum Gasteiger partial charge on any atom is 0.242 e. The fourth-order valence-corrected chi connectivity index (χ4v) is 3.78. The minimum absolute atomic E-state index is 0. The Morgan fingerprint density at radius 2 is 2.00 bits per heavy atom. The summed E-state index contributed by atoms with van der Waals surface area (Å²) in [7, 11) is 0. The molecule has 20 heavy (non-hydrogen) atoms. The molecule has 2 N–H and O–H groups in total. The Kier molecular flexibility index (Phi) is 4.77. The van der Waals surface area contributed by atoms with Crippen LogP contribution in [0.1, 0.15) is 36.8 Å². The third kappa shape index (κ3) is 2.74. The normalized spacial score (nSPS) is 20.2. The van der Waals surface area contributed by atoms with E-state index >= 15 is 0 Å². The Labute approximate surface area is 134 Å². The number of benzene rings is 1. The van der Waals surface area contributed by atoms with Gasteiger partial charge in [0.25, 0.3) is 0 Å². The number of fused-ring (bicyclic) bond motifs is 1. The van der Waals surface area contributed by atoms with Crippen molar-refractivity contribution in [3.63, 3.8) is 0 Å². The van der Waals surface area contributed by atoms with Gasteiger partial charge in [-0.05, 0) is 36.5 Å². The molecule has 110 valence electrons. The molecule has 0 unspecified atom stereocenters. The first-order chi connectivity index (χ1) is 9.10. The highest BCUT2D eigenvalue weighted by molar-refractivity contribution is 9.10. The van der Waals surface area contributed by atoms with Crippen LogP contribution in [0.25, 0.3) is 0 Å². The molecule has 5 heteroatoms. The van der Waals surface area contributed by atoms with E-state index < -0.39 is 5.54 Å². The molecule has 3 nitrogen and oxygen atoms in total. The topological polar surface area (TPSA) is 46.3 Å². The van der Waals surface area contributed by atoms with E-state index in [1.165, 1.54) is 11.1 Å². The number of halogens is 2. The van der Waals surface area contributed by atoms with E-state index in [0.717, 1.165) is 43.1 Å². The van der Waals surface area contributed by atoms with Crippen LogP contribution in [-0.4, -0.2) is 22.9 Å². The van der Waals surface area contributed by atoms with Gasteiger partial charge < -0.3 is 10.6 Å². The molecule has 0 bridgehead atoms. The SMILES string of the molecule is Cl.NC1(C(=O)N2CCc3cccc(Br)c3C2)CCCC1. The lowest BCUT2D eigenvalue weighted by molar-refractivity contribution is -0.137. The fourth-order valence-electron chi connectivity index (χ4n) is 3.25. The average Bonchev–Trinajstić information content (AvgIpc) is 2.86. The Morgan fingerprint density at radius 1 is 1.30 bits per heavy atom. The van der Waals surface area contributed by atoms with E-state index in [1.807, 2.05) is 11.0 Å². The molecule has 0 aromatic heterocycles. The highest BCUT2D eigenvalue weighted by atomic mass is 79.9. The van der Waals surface area contributed by atoms with Crippen molar-refractivity contribution in [2.24, 2.45) is 5.73 Å². The first kappa shape index (κ1) is 15.8. The summed E-state index contributed by atoms with van der Waals surface area (Å²) in [5.41, 5.74) is 8.27. The van der Waals surface area contributed by atoms with Gasteiger partial charge in [-0.2, -0.15) is 0 Å². The standard InChI is InChI=1S/C15H19BrN2O.ClH/c16-13-5-3-4-11-6-9-18(10-12(11)13)14(19)15(17)7-1-2-8-15;/h3-5H,1-2,6-10,17H2;1H. The molecular formula is C15H20BrClN2O. The van der Waals surface area contributed by atoms with Gasteiger partial charge in [0.1, 0.15) is 0 Å². The number of nitrogens with zero attached hydrogens (tertiary/aromatic N) is 1. The highest BCUT2D eigenvalue weighted by Crippen LogP contribution is 2.32. The zero-order valence-electron chi connectivity index (χ0n) is 11.4. The number of rotatable bonds is 1. The molecular weight excluding hydrogens is 340 g/mol. The summed E-state index contributed by atoms with van der Waals surface area (Å²) in [5, 5.41) is 0. The predicted octanol–water partition coefficient (Wildman–Crippen LogP) is 3.03. The summed E-state index contributed by atoms with van der Waals surface area (Å²) in [6, 6.07) is 6.25. The van der Waals surface area contributed by atoms with Gasteiger partial charge >= 0.3 is 0 Å². The van der Waals surface area contributed by atoms with Crippen molar-refractivity contribution >= 4 is 34.2 Å². The van der Waals surface area contributed by atoms with Crippen molar-refractivity contribution in [1.82, 2.24) is 4.90 Å². The fraction of sp³-hybridized carbons (Fsp3) is 0.533. The number of amides is 1. The monoisotopic (exact) mass is 358 g/mol. The van der Waals surface area contributed by atoms with Crippen LogP contribution in [0.5, 0.6) is 0 Å². The smallest absolute Gasteiger partial charge is 0.242 e. The lowest BCUT2D eigenvalue weighted by Gasteiger charge is -2.35. The summed E-state index contributed by atoms with van der Waals surface area (Å²) >= 11 is 3.59. The molecule has 0 radical (unpaired) electrons. The van der Waals surface area contributed by atoms with Crippen molar-refractivity contribution < 1.29 is 4.79 Å². The second kappa shape index (κ2) is 6.04. The molecule has 1 saturated carbocycles. The molecule has 1 amide bonds. The summed E-state index contributed by atoms with van der Waals surface area (Å²) in [6.45, 7) is 1.48. The zero-order chi connectivity index (χ0) is 13.5. The summed E-state index contributed by atoms with van der Waals surface area (Å²) in [6.07, 6.45) is 4.76. The number of hydrogen-bond acceptors (Lipinski definition) is 2. The van der Waals surface area contributed by atoms with Gasteiger partial charge in [0.2, 0.25) is 5.91 Å². The van der Waals surface area contributed by atoms with E-state index in [0.29, 0.717) is 6.54 Å². The summed E-state index contributed by atoms with van der Waals surface area (Å²) < 4.78 is 1.10. The summed E-state index contributed by atoms with van der Waals surface area (Å²) in [4.78, 5) is 14.6. The maximum atomic E-state index is 12.6. The third-order valence-corrected chi connectivity index (χ3v) is 5.17. The van der Waals surface area contributed by atoms with Gasteiger partial charge in [-0.15, -0.1) is 12.4 Å². The van der Waals surface area contributed by atoms with E-state index in [9.17, 15) is 4.79 Å². The van der Waals surface area contributed by atoms with Gasteiger partial charge in [-0.1, -0.05) is 40.9 Å². The first-order valence-corrected chi connectivity index (χ1v) is 7.74. The van der Waals surface area contributed by atoms with Gasteiger partial charge in [0, 0.05) is 17.6 Å². The van der Waals surface area contributed by atoms with Crippen LogP contribution >= 0.6 is 28.3 Å². The van der Waals surface area contributed by atoms with Crippen molar-refractivity contribution in [3.05, 3.63) is 33.8 Å². The maximum absolute atomic E-state index is 12.6. The van der Waals surface area contributed by atoms with E-state index in [-0.39, 0.29) is 18.3 Å². The summed E-state index contributed by atoms with van der Waals surface area (Å²) in [5.74, 6) is 0.145. The van der Waals surface area contributed by atoms with E-state index in [4.69, 9.17) is 5.73 Å². The second-order valence-corrected chi connectivity index (χ2v) is 6.57. The first-order valence-electron chi connectivity index (χ1n) is 6.95. The molecule has 1 aliphatic heterocycles. The number of hydrogen-bond donors (Lipinski definition) is 1. The van der Waals surface area contributed by atoms with Crippen LogP contribution in [0.2, 0.25) is 0 Å². The largest absolute Gasteiger partial charge is 0.336 e. The molecule has 1 heterocycles. The Balaban J connectivity index is 0.00000147. The second-order valence-electron chi connectivity index (χ2n) is 5.72. The molecule has 0 spiro atoms. The Hall–Kier alpha value is -0.580. The van der Waals surface area contributed by atoms with Crippen LogP contribution in [0, 0.1) is 0 Å². The Bertz CT molecular complexity index is 515. The van der Waals surface area contributed by atoms with Gasteiger partial charge in [-0.3, -0.25) is 4.79 Å². The van der Waals surface area contributed by atoms with Gasteiger partial charge in [0.05, 0.1) is 5.54 Å². The van der Waals surface area contributed by atoms with Crippen molar-refractivity contribution in [2.45, 2.75) is 44.2 Å². The average molecular weight is 360 g/mol. The van der Waals surface area contributed by atoms with E-state index in [1.54, 1.807) is 0 Å². The molecule has 1 aliphatic carbocycles. The van der Waals surface area contributed by atoms with Crippen LogP contribution in [0.15, 0.2) is 22.7 Å². The molecule has 2 aliphatic rings. The van der Waals surface area contributed by atoms with Crippen molar-refractivity contribution in [2.75, 3.05) is 6.54 Å². The number of carbonyl (C=O) groups is 1. The van der Waals surface area contributed by atoms with Gasteiger partial charge in [0.15, 0.2) is 0 Å². The van der Waals surface area contributed by atoms with Crippen LogP contribution in [-0.2, 0) is 17.8 Å². The molecule has 0 atom stereocenters. The third-order valence-electron chi connectivity index (χ3n) is 4.42. The molecule has 1 fully saturated rings. The Morgan fingerprint density at radius 3 is 2.70 bits per heavy atom. The minimum atomic E-state index is -0.598.